The van der Waals surface area contributed by atoms with E-state index in [-0.39, 0.29) is 22.7 Å². The second-order valence-electron chi connectivity index (χ2n) is 6.84. The molecule has 4 aromatic rings. The maximum Gasteiger partial charge on any atom is 0.259 e. The normalized spacial score (nSPS) is 10.8. The van der Waals surface area contributed by atoms with Crippen LogP contribution in [0.3, 0.4) is 0 Å². The van der Waals surface area contributed by atoms with Crippen LogP contribution >= 0.6 is 11.6 Å². The Morgan fingerprint density at radius 1 is 1.03 bits per heavy atom. The number of fused-ring (bicyclic) bond motifs is 1. The molecule has 2 aromatic carbocycles. The number of pyridine rings is 1. The van der Waals surface area contributed by atoms with E-state index in [0.29, 0.717) is 34.1 Å². The molecular formula is C24H20ClN3O3. The summed E-state index contributed by atoms with van der Waals surface area (Å²) >= 11 is 5.91. The Morgan fingerprint density at radius 2 is 1.74 bits per heavy atom. The lowest BCUT2D eigenvalue weighted by molar-refractivity contribution is 0.102. The second-order valence-corrected chi connectivity index (χ2v) is 7.28. The number of amides is 1. The molecule has 4 rings (SSSR count). The lowest BCUT2D eigenvalue weighted by atomic mass is 10.1. The fraction of sp³-hybridized carbons (Fsp3) is 0.0833. The molecule has 0 unspecified atom stereocenters. The number of nitrogen functional groups attached to an aromatic ring is 1. The van der Waals surface area contributed by atoms with Crippen LogP contribution in [-0.4, -0.2) is 22.7 Å². The van der Waals surface area contributed by atoms with E-state index in [0.717, 1.165) is 0 Å². The number of aromatic nitrogens is 1. The highest BCUT2D eigenvalue weighted by molar-refractivity contribution is 6.30. The van der Waals surface area contributed by atoms with E-state index in [1.807, 2.05) is 6.92 Å². The third kappa shape index (κ3) is 3.98. The van der Waals surface area contributed by atoms with Crippen molar-refractivity contribution in [1.29, 1.82) is 0 Å². The van der Waals surface area contributed by atoms with Crippen molar-refractivity contribution in [2.75, 3.05) is 17.7 Å². The second kappa shape index (κ2) is 8.53. The van der Waals surface area contributed by atoms with Crippen LogP contribution in [-0.2, 0) is 0 Å². The van der Waals surface area contributed by atoms with Crippen LogP contribution in [0.5, 0.6) is 5.75 Å². The minimum absolute atomic E-state index is 0.122. The van der Waals surface area contributed by atoms with Crippen molar-refractivity contribution in [3.8, 4) is 5.75 Å². The van der Waals surface area contributed by atoms with Gasteiger partial charge in [-0.15, -0.1) is 0 Å². The number of anilines is 2. The number of hydrogen-bond donors (Lipinski definition) is 2. The van der Waals surface area contributed by atoms with Crippen molar-refractivity contribution >= 4 is 40.2 Å². The summed E-state index contributed by atoms with van der Waals surface area (Å²) < 4.78 is 7.08. The summed E-state index contributed by atoms with van der Waals surface area (Å²) in [6, 6.07) is 18.9. The topological polar surface area (TPSA) is 85.8 Å². The van der Waals surface area contributed by atoms with Crippen molar-refractivity contribution in [2.24, 2.45) is 0 Å². The summed E-state index contributed by atoms with van der Waals surface area (Å²) in [7, 11) is 0. The lowest BCUT2D eigenvalue weighted by Crippen LogP contribution is -2.14. The van der Waals surface area contributed by atoms with Crippen molar-refractivity contribution < 1.29 is 14.3 Å². The zero-order chi connectivity index (χ0) is 22.0. The van der Waals surface area contributed by atoms with Crippen molar-refractivity contribution in [2.45, 2.75) is 6.92 Å². The molecular weight excluding hydrogens is 414 g/mol. The van der Waals surface area contributed by atoms with Gasteiger partial charge in [0.2, 0.25) is 5.78 Å². The number of benzene rings is 2. The monoisotopic (exact) mass is 433 g/mol. The molecule has 0 atom stereocenters. The van der Waals surface area contributed by atoms with Crippen molar-refractivity contribution in [1.82, 2.24) is 4.40 Å². The van der Waals surface area contributed by atoms with Gasteiger partial charge >= 0.3 is 0 Å². The molecule has 156 valence electrons. The maximum absolute atomic E-state index is 13.3. The summed E-state index contributed by atoms with van der Waals surface area (Å²) in [5.41, 5.74) is 8.52. The predicted molar refractivity (Wildman–Crippen MR) is 122 cm³/mol. The zero-order valence-corrected chi connectivity index (χ0v) is 17.5. The van der Waals surface area contributed by atoms with Crippen LogP contribution in [0.15, 0.2) is 72.9 Å². The standard InChI is InChI=1S/C24H20ClN3O3/c1-2-31-18-12-6-15(7-13-18)23(29)22-21(26)20(19-5-3-4-14-28(19)22)24(30)27-17-10-8-16(25)9-11-17/h3-14H,2,26H2,1H3,(H,27,30). The van der Waals surface area contributed by atoms with Crippen LogP contribution in [0.2, 0.25) is 5.02 Å². The van der Waals surface area contributed by atoms with E-state index in [2.05, 4.69) is 5.32 Å². The molecule has 2 heterocycles. The Labute approximate surface area is 184 Å². The molecule has 0 bridgehead atoms. The SMILES string of the molecule is CCOc1ccc(C(=O)c2c(N)c(C(=O)Nc3ccc(Cl)cc3)c3ccccn23)cc1. The van der Waals surface area contributed by atoms with E-state index >= 15 is 0 Å². The molecule has 0 saturated heterocycles. The highest BCUT2D eigenvalue weighted by atomic mass is 35.5. The summed E-state index contributed by atoms with van der Waals surface area (Å²) in [6.07, 6.45) is 1.71. The van der Waals surface area contributed by atoms with Gasteiger partial charge in [-0.3, -0.25) is 9.59 Å². The predicted octanol–water partition coefficient (Wildman–Crippen LogP) is 5.06. The molecule has 31 heavy (non-hydrogen) atoms. The first kappa shape index (κ1) is 20.5. The number of nitrogens with zero attached hydrogens (tertiary/aromatic N) is 1. The molecule has 1 amide bonds. The van der Waals surface area contributed by atoms with Crippen LogP contribution in [0.1, 0.15) is 33.3 Å². The number of hydrogen-bond acceptors (Lipinski definition) is 4. The number of ether oxygens (including phenoxy) is 1. The number of carbonyl (C=O) groups is 2. The zero-order valence-electron chi connectivity index (χ0n) is 16.8. The molecule has 6 nitrogen and oxygen atoms in total. The smallest absolute Gasteiger partial charge is 0.259 e. The molecule has 0 saturated carbocycles. The summed E-state index contributed by atoms with van der Waals surface area (Å²) in [5.74, 6) is -0.0170. The van der Waals surface area contributed by atoms with E-state index in [9.17, 15) is 9.59 Å². The van der Waals surface area contributed by atoms with Crippen molar-refractivity contribution in [3.05, 3.63) is 94.8 Å². The molecule has 0 aliphatic heterocycles. The van der Waals surface area contributed by atoms with Crippen molar-refractivity contribution in [3.63, 3.8) is 0 Å². The molecule has 0 fully saturated rings. The third-order valence-electron chi connectivity index (χ3n) is 4.85. The minimum atomic E-state index is -0.408. The fourth-order valence-corrected chi connectivity index (χ4v) is 3.56. The molecule has 2 aromatic heterocycles. The molecule has 3 N–H and O–H groups in total. The Hall–Kier alpha value is -3.77. The van der Waals surface area contributed by atoms with E-state index in [1.165, 1.54) is 0 Å². The first-order chi connectivity index (χ1) is 15.0. The van der Waals surface area contributed by atoms with Crippen LogP contribution in [0, 0.1) is 0 Å². The largest absolute Gasteiger partial charge is 0.494 e. The minimum Gasteiger partial charge on any atom is -0.494 e. The fourth-order valence-electron chi connectivity index (χ4n) is 3.43. The first-order valence-electron chi connectivity index (χ1n) is 9.72. The number of carbonyl (C=O) groups excluding carboxylic acids is 2. The molecule has 7 heteroatoms. The maximum atomic E-state index is 13.3. The van der Waals surface area contributed by atoms with Gasteiger partial charge < -0.3 is 20.2 Å². The van der Waals surface area contributed by atoms with Crippen LogP contribution in [0.25, 0.3) is 5.52 Å². The highest BCUT2D eigenvalue weighted by Crippen LogP contribution is 2.29. The van der Waals surface area contributed by atoms with E-state index in [1.54, 1.807) is 77.3 Å². The quantitative estimate of drug-likeness (QED) is 0.416. The van der Waals surface area contributed by atoms with Crippen LogP contribution in [0.4, 0.5) is 11.4 Å². The van der Waals surface area contributed by atoms with Gasteiger partial charge in [-0.05, 0) is 67.6 Å². The lowest BCUT2D eigenvalue weighted by Gasteiger charge is -2.06. The third-order valence-corrected chi connectivity index (χ3v) is 5.11. The summed E-state index contributed by atoms with van der Waals surface area (Å²) in [4.78, 5) is 26.4. The molecule has 0 radical (unpaired) electrons. The van der Waals surface area contributed by atoms with E-state index < -0.39 is 5.91 Å². The number of nitrogens with two attached hydrogens (primary N) is 1. The Morgan fingerprint density at radius 3 is 2.42 bits per heavy atom. The average Bonchev–Trinajstić information content (AvgIpc) is 3.07. The highest BCUT2D eigenvalue weighted by Gasteiger charge is 2.26. The number of halogens is 1. The van der Waals surface area contributed by atoms with Gasteiger partial charge in [-0.1, -0.05) is 17.7 Å². The Balaban J connectivity index is 1.75. The van der Waals surface area contributed by atoms with Gasteiger partial charge in [0.15, 0.2) is 0 Å². The van der Waals surface area contributed by atoms with Crippen LogP contribution < -0.4 is 15.8 Å². The van der Waals surface area contributed by atoms with Gasteiger partial charge in [0.05, 0.1) is 23.4 Å². The van der Waals surface area contributed by atoms with Gasteiger partial charge in [0, 0.05) is 22.5 Å². The number of nitrogens with one attached hydrogen (secondary N) is 1. The van der Waals surface area contributed by atoms with E-state index in [4.69, 9.17) is 22.1 Å². The average molecular weight is 434 g/mol. The summed E-state index contributed by atoms with van der Waals surface area (Å²) in [6.45, 7) is 2.43. The summed E-state index contributed by atoms with van der Waals surface area (Å²) in [5, 5.41) is 3.38. The Bertz CT molecular complexity index is 1260. The number of ketones is 1. The van der Waals surface area contributed by atoms with Gasteiger partial charge in [0.1, 0.15) is 11.4 Å². The van der Waals surface area contributed by atoms with Gasteiger partial charge in [-0.2, -0.15) is 0 Å². The Kier molecular flexibility index (Phi) is 5.64. The van der Waals surface area contributed by atoms with Gasteiger partial charge in [-0.25, -0.2) is 0 Å². The molecule has 0 aliphatic rings. The first-order valence-corrected chi connectivity index (χ1v) is 10.1. The van der Waals surface area contributed by atoms with Gasteiger partial charge in [0.25, 0.3) is 5.91 Å². The molecule has 0 spiro atoms. The molecule has 0 aliphatic carbocycles. The number of rotatable bonds is 6.